The van der Waals surface area contributed by atoms with E-state index in [1.54, 1.807) is 11.3 Å². The van der Waals surface area contributed by atoms with Crippen molar-refractivity contribution in [1.82, 2.24) is 0 Å². The van der Waals surface area contributed by atoms with Crippen molar-refractivity contribution in [3.8, 4) is 18.4 Å². The number of terminal acetylenes is 1. The maximum absolute atomic E-state index is 9.90. The van der Waals surface area contributed by atoms with Crippen molar-refractivity contribution in [1.29, 1.82) is 5.26 Å². The summed E-state index contributed by atoms with van der Waals surface area (Å²) in [6.07, 6.45) is 25.2. The normalized spacial score (nSPS) is 27.9. The van der Waals surface area contributed by atoms with Gasteiger partial charge in [0.05, 0.1) is 18.0 Å². The fourth-order valence-corrected chi connectivity index (χ4v) is 8.12. The maximum Gasteiger partial charge on any atom is 0.0701 e. The van der Waals surface area contributed by atoms with E-state index in [-0.39, 0.29) is 17.4 Å². The highest BCUT2D eigenvalue weighted by molar-refractivity contribution is 7.13. The molecule has 37 heavy (non-hydrogen) atoms. The molecule has 0 radical (unpaired) electrons. The summed E-state index contributed by atoms with van der Waals surface area (Å²) in [5.74, 6) is 3.16. The molecule has 0 fully saturated rings. The standard InChI is InChI=1S/C33H31N3S/c1-4-23-26-15-16-33(3,19-32(26)37-31(23)17-21(2)35)27-14-13-22(20-34)18-30(27)36-28-11-7-5-9-24(28)25-10-6-8-12-29(25)36/h1,5-12,14,17-18,22,24,28H,13,15-16,19,35H2,2-3H3/b21-17+. The number of nitrogens with two attached hydrogens (primary N) is 1. The Kier molecular flexibility index (Phi) is 5.74. The van der Waals surface area contributed by atoms with Crippen LogP contribution in [0, 0.1) is 35.0 Å². The predicted molar refractivity (Wildman–Crippen MR) is 154 cm³/mol. The first-order chi connectivity index (χ1) is 17.9. The third kappa shape index (κ3) is 3.79. The molecule has 3 nitrogen and oxygen atoms in total. The molecule has 0 amide bonds. The SMILES string of the molecule is C#Cc1c(/C=C(\C)N)sc2c1CCC(C)(C1=CCC(C#N)C=C1N1c3ccccc3C3C=CC=CC31)C2. The molecule has 4 heteroatoms. The van der Waals surface area contributed by atoms with Crippen LogP contribution in [0.2, 0.25) is 0 Å². The molecule has 1 aliphatic heterocycles. The molecule has 0 saturated carbocycles. The highest BCUT2D eigenvalue weighted by Crippen LogP contribution is 2.53. The number of benzene rings is 1. The summed E-state index contributed by atoms with van der Waals surface area (Å²) in [6.45, 7) is 4.31. The van der Waals surface area contributed by atoms with Crippen LogP contribution in [0.5, 0.6) is 0 Å². The Balaban J connectivity index is 1.43. The second kappa shape index (κ2) is 8.98. The first kappa shape index (κ1) is 23.7. The lowest BCUT2D eigenvalue weighted by Crippen LogP contribution is -2.39. The molecule has 3 aliphatic carbocycles. The monoisotopic (exact) mass is 501 g/mol. The number of nitriles is 1. The zero-order chi connectivity index (χ0) is 25.7. The van der Waals surface area contributed by atoms with Gasteiger partial charge in [-0.25, -0.2) is 0 Å². The zero-order valence-corrected chi connectivity index (χ0v) is 22.2. The van der Waals surface area contributed by atoms with Crippen molar-refractivity contribution >= 4 is 23.1 Å². The van der Waals surface area contributed by atoms with Gasteiger partial charge in [0.25, 0.3) is 0 Å². The summed E-state index contributed by atoms with van der Waals surface area (Å²) in [7, 11) is 0. The molecular formula is C33H31N3S. The molecule has 4 aliphatic rings. The van der Waals surface area contributed by atoms with Gasteiger partial charge >= 0.3 is 0 Å². The van der Waals surface area contributed by atoms with Crippen LogP contribution >= 0.6 is 11.3 Å². The van der Waals surface area contributed by atoms with Gasteiger partial charge in [0.2, 0.25) is 0 Å². The molecule has 184 valence electrons. The van der Waals surface area contributed by atoms with Crippen LogP contribution in [0.1, 0.15) is 59.1 Å². The summed E-state index contributed by atoms with van der Waals surface area (Å²) in [4.78, 5) is 4.98. The number of nitrogens with zero attached hydrogens (tertiary/aromatic N) is 2. The smallest absolute Gasteiger partial charge is 0.0701 e. The molecule has 2 aromatic rings. The summed E-state index contributed by atoms with van der Waals surface area (Å²) >= 11 is 1.79. The lowest BCUT2D eigenvalue weighted by molar-refractivity contribution is 0.345. The zero-order valence-electron chi connectivity index (χ0n) is 21.4. The number of hydrogen-bond acceptors (Lipinski definition) is 4. The fraction of sp³-hybridized carbons (Fsp3) is 0.303. The van der Waals surface area contributed by atoms with Gasteiger partial charge in [-0.2, -0.15) is 5.26 Å². The molecule has 4 atom stereocenters. The topological polar surface area (TPSA) is 53.1 Å². The predicted octanol–water partition coefficient (Wildman–Crippen LogP) is 7.00. The van der Waals surface area contributed by atoms with Gasteiger partial charge in [0.1, 0.15) is 0 Å². The minimum absolute atomic E-state index is 0.0457. The Labute approximate surface area is 224 Å². The van der Waals surface area contributed by atoms with E-state index >= 15 is 0 Å². The Hall–Kier alpha value is -3.73. The second-order valence-electron chi connectivity index (χ2n) is 10.9. The Morgan fingerprint density at radius 1 is 1.27 bits per heavy atom. The average Bonchev–Trinajstić information content (AvgIpc) is 3.41. The number of fused-ring (bicyclic) bond motifs is 4. The van der Waals surface area contributed by atoms with E-state index in [1.165, 1.54) is 33.0 Å². The second-order valence-corrected chi connectivity index (χ2v) is 12.0. The van der Waals surface area contributed by atoms with Crippen LogP contribution in [0.3, 0.4) is 0 Å². The van der Waals surface area contributed by atoms with E-state index in [0.717, 1.165) is 41.8 Å². The van der Waals surface area contributed by atoms with Gasteiger partial charge in [-0.1, -0.05) is 61.4 Å². The number of allylic oxidation sites excluding steroid dienone is 6. The van der Waals surface area contributed by atoms with Crippen molar-refractivity contribution in [3.05, 3.63) is 104 Å². The number of rotatable bonds is 3. The van der Waals surface area contributed by atoms with E-state index < -0.39 is 0 Å². The lowest BCUT2D eigenvalue weighted by Gasteiger charge is -2.43. The van der Waals surface area contributed by atoms with Crippen molar-refractivity contribution in [2.45, 2.75) is 51.5 Å². The molecule has 0 saturated heterocycles. The largest absolute Gasteiger partial charge is 0.402 e. The molecule has 2 N–H and O–H groups in total. The van der Waals surface area contributed by atoms with Crippen LogP contribution in [0.25, 0.3) is 6.08 Å². The lowest BCUT2D eigenvalue weighted by atomic mass is 9.67. The van der Waals surface area contributed by atoms with Crippen LogP contribution in [-0.2, 0) is 12.8 Å². The van der Waals surface area contributed by atoms with Crippen LogP contribution in [-0.4, -0.2) is 6.04 Å². The van der Waals surface area contributed by atoms with Gasteiger partial charge in [-0.15, -0.1) is 17.8 Å². The minimum atomic E-state index is -0.116. The van der Waals surface area contributed by atoms with Crippen LogP contribution < -0.4 is 10.6 Å². The number of para-hydroxylation sites is 1. The van der Waals surface area contributed by atoms with Crippen LogP contribution in [0.15, 0.2) is 77.7 Å². The summed E-state index contributed by atoms with van der Waals surface area (Å²) in [6, 6.07) is 11.5. The molecular weight excluding hydrogens is 470 g/mol. The van der Waals surface area contributed by atoms with Crippen molar-refractivity contribution in [2.24, 2.45) is 17.1 Å². The maximum atomic E-state index is 9.90. The Morgan fingerprint density at radius 3 is 2.86 bits per heavy atom. The molecule has 1 aromatic heterocycles. The minimum Gasteiger partial charge on any atom is -0.402 e. The highest BCUT2D eigenvalue weighted by atomic mass is 32.1. The quantitative estimate of drug-likeness (QED) is 0.461. The number of thiophene rings is 1. The van der Waals surface area contributed by atoms with E-state index in [0.29, 0.717) is 5.92 Å². The van der Waals surface area contributed by atoms with Crippen molar-refractivity contribution in [2.75, 3.05) is 4.90 Å². The molecule has 2 heterocycles. The van der Waals surface area contributed by atoms with Crippen LogP contribution in [0.4, 0.5) is 5.69 Å². The molecule has 1 aromatic carbocycles. The first-order valence-electron chi connectivity index (χ1n) is 13.0. The molecule has 4 unspecified atom stereocenters. The summed E-state index contributed by atoms with van der Waals surface area (Å²) < 4.78 is 0. The van der Waals surface area contributed by atoms with Gasteiger partial charge in [-0.05, 0) is 72.9 Å². The third-order valence-corrected chi connectivity index (χ3v) is 9.52. The third-order valence-electron chi connectivity index (χ3n) is 8.34. The highest BCUT2D eigenvalue weighted by Gasteiger charge is 2.44. The van der Waals surface area contributed by atoms with E-state index in [2.05, 4.69) is 84.5 Å². The fourth-order valence-electron chi connectivity index (χ4n) is 6.60. The Bertz CT molecular complexity index is 1510. The number of hydrogen-bond donors (Lipinski definition) is 1. The summed E-state index contributed by atoms with van der Waals surface area (Å²) in [5.41, 5.74) is 14.3. The van der Waals surface area contributed by atoms with Crippen molar-refractivity contribution < 1.29 is 0 Å². The average molecular weight is 502 g/mol. The number of anilines is 1. The van der Waals surface area contributed by atoms with Gasteiger partial charge in [0.15, 0.2) is 0 Å². The Morgan fingerprint density at radius 2 is 2.08 bits per heavy atom. The van der Waals surface area contributed by atoms with E-state index in [4.69, 9.17) is 12.2 Å². The van der Waals surface area contributed by atoms with Gasteiger partial charge in [0, 0.05) is 38.3 Å². The first-order valence-corrected chi connectivity index (χ1v) is 13.9. The molecule has 0 spiro atoms. The van der Waals surface area contributed by atoms with E-state index in [9.17, 15) is 5.26 Å². The van der Waals surface area contributed by atoms with Gasteiger partial charge in [-0.3, -0.25) is 0 Å². The molecule has 6 rings (SSSR count). The van der Waals surface area contributed by atoms with Gasteiger partial charge < -0.3 is 10.6 Å². The summed E-state index contributed by atoms with van der Waals surface area (Å²) in [5, 5.41) is 9.90. The molecule has 0 bridgehead atoms. The van der Waals surface area contributed by atoms with Crippen molar-refractivity contribution in [3.63, 3.8) is 0 Å². The van der Waals surface area contributed by atoms with E-state index in [1.807, 2.05) is 13.0 Å².